The van der Waals surface area contributed by atoms with E-state index >= 15 is 0 Å². The molecule has 20 heavy (non-hydrogen) atoms. The van der Waals surface area contributed by atoms with Crippen molar-refractivity contribution < 1.29 is 8.42 Å². The minimum Gasteiger partial charge on any atom is -0.368 e. The summed E-state index contributed by atoms with van der Waals surface area (Å²) in [7, 11) is -3.04. The van der Waals surface area contributed by atoms with Crippen molar-refractivity contribution in [3.05, 3.63) is 16.5 Å². The summed E-state index contributed by atoms with van der Waals surface area (Å²) in [6, 6.07) is 0. The van der Waals surface area contributed by atoms with Crippen LogP contribution in [0.2, 0.25) is 5.15 Å². The maximum absolute atomic E-state index is 11.7. The molecule has 8 heteroatoms. The van der Waals surface area contributed by atoms with Gasteiger partial charge in [0.1, 0.15) is 16.8 Å². The van der Waals surface area contributed by atoms with Crippen molar-refractivity contribution in [3.8, 4) is 0 Å². The Balaban J connectivity index is 2.01. The number of nitrogens with zero attached hydrogens (tertiary/aromatic N) is 3. The first-order valence-corrected chi connectivity index (χ1v) is 8.67. The van der Waals surface area contributed by atoms with Crippen LogP contribution in [0.1, 0.15) is 24.7 Å². The molecule has 2 rings (SSSR count). The second kappa shape index (κ2) is 6.24. The van der Waals surface area contributed by atoms with Crippen molar-refractivity contribution in [2.75, 3.05) is 30.7 Å². The number of anilines is 1. The molecule has 1 aliphatic heterocycles. The van der Waals surface area contributed by atoms with Gasteiger partial charge in [-0.1, -0.05) is 18.5 Å². The monoisotopic (exact) mass is 318 g/mol. The van der Waals surface area contributed by atoms with Gasteiger partial charge in [0, 0.05) is 25.2 Å². The normalized spacial score (nSPS) is 18.4. The molecule has 0 bridgehead atoms. The van der Waals surface area contributed by atoms with E-state index < -0.39 is 10.0 Å². The lowest BCUT2D eigenvalue weighted by atomic mass is 10.2. The maximum atomic E-state index is 11.7. The first-order valence-electron chi connectivity index (χ1n) is 6.68. The molecule has 1 aliphatic rings. The minimum absolute atomic E-state index is 0.256. The molecule has 1 N–H and O–H groups in total. The summed E-state index contributed by atoms with van der Waals surface area (Å²) in [6.45, 7) is 5.33. The van der Waals surface area contributed by atoms with Crippen molar-refractivity contribution in [2.45, 2.75) is 26.7 Å². The van der Waals surface area contributed by atoms with E-state index in [1.807, 2.05) is 6.92 Å². The van der Waals surface area contributed by atoms with E-state index in [1.165, 1.54) is 4.31 Å². The predicted molar refractivity (Wildman–Crippen MR) is 79.6 cm³/mol. The number of hydrogen-bond acceptors (Lipinski definition) is 5. The Bertz CT molecular complexity index is 591. The number of rotatable bonds is 5. The molecule has 6 nitrogen and oxygen atoms in total. The number of nitrogens with one attached hydrogen (secondary N) is 1. The lowest BCUT2D eigenvalue weighted by molar-refractivity contribution is 0.456. The molecule has 0 spiro atoms. The summed E-state index contributed by atoms with van der Waals surface area (Å²) < 4.78 is 24.9. The zero-order valence-corrected chi connectivity index (χ0v) is 13.3. The molecule has 0 aromatic carbocycles. The third kappa shape index (κ3) is 3.39. The highest BCUT2D eigenvalue weighted by molar-refractivity contribution is 7.89. The molecule has 0 saturated carbocycles. The van der Waals surface area contributed by atoms with Crippen LogP contribution in [0.3, 0.4) is 0 Å². The second-order valence-corrected chi connectivity index (χ2v) is 7.18. The first kappa shape index (κ1) is 15.5. The van der Waals surface area contributed by atoms with Gasteiger partial charge in [-0.25, -0.2) is 22.7 Å². The summed E-state index contributed by atoms with van der Waals surface area (Å²) in [5.74, 6) is 1.55. The number of halogens is 1. The topological polar surface area (TPSA) is 75.2 Å². The number of aryl methyl sites for hydroxylation is 1. The second-order valence-electron chi connectivity index (χ2n) is 4.74. The first-order chi connectivity index (χ1) is 9.44. The van der Waals surface area contributed by atoms with Crippen LogP contribution < -0.4 is 5.32 Å². The molecule has 1 aromatic heterocycles. The van der Waals surface area contributed by atoms with Gasteiger partial charge in [-0.15, -0.1) is 0 Å². The molecule has 1 fully saturated rings. The Morgan fingerprint density at radius 3 is 2.75 bits per heavy atom. The van der Waals surface area contributed by atoms with Crippen LogP contribution in [-0.2, 0) is 16.4 Å². The van der Waals surface area contributed by atoms with Crippen molar-refractivity contribution in [1.29, 1.82) is 0 Å². The lowest BCUT2D eigenvalue weighted by Crippen LogP contribution is -2.31. The molecule has 2 heterocycles. The zero-order valence-electron chi connectivity index (χ0n) is 11.7. The van der Waals surface area contributed by atoms with Crippen LogP contribution in [-0.4, -0.2) is 48.1 Å². The van der Waals surface area contributed by atoms with Crippen molar-refractivity contribution in [3.63, 3.8) is 0 Å². The number of hydrogen-bond donors (Lipinski definition) is 1. The van der Waals surface area contributed by atoms with Gasteiger partial charge >= 0.3 is 0 Å². The summed E-state index contributed by atoms with van der Waals surface area (Å²) in [5.41, 5.74) is 0.863. The fourth-order valence-electron chi connectivity index (χ4n) is 2.26. The molecule has 0 aliphatic carbocycles. The highest BCUT2D eigenvalue weighted by atomic mass is 35.5. The highest BCUT2D eigenvalue weighted by Crippen LogP contribution is 2.21. The van der Waals surface area contributed by atoms with Crippen molar-refractivity contribution in [2.24, 2.45) is 0 Å². The van der Waals surface area contributed by atoms with E-state index in [9.17, 15) is 8.42 Å². The van der Waals surface area contributed by atoms with Crippen LogP contribution in [0, 0.1) is 6.92 Å². The summed E-state index contributed by atoms with van der Waals surface area (Å²) in [4.78, 5) is 8.45. The van der Waals surface area contributed by atoms with Crippen molar-refractivity contribution in [1.82, 2.24) is 14.3 Å². The average Bonchev–Trinajstić information content (AvgIpc) is 2.68. The Hall–Kier alpha value is -0.920. The Kier molecular flexibility index (Phi) is 4.82. The Morgan fingerprint density at radius 1 is 1.40 bits per heavy atom. The lowest BCUT2D eigenvalue weighted by Gasteiger charge is -2.16. The van der Waals surface area contributed by atoms with E-state index in [1.54, 1.807) is 6.92 Å². The van der Waals surface area contributed by atoms with Gasteiger partial charge in [0.2, 0.25) is 10.0 Å². The molecule has 1 saturated heterocycles. The molecule has 1 aromatic rings. The van der Waals surface area contributed by atoms with E-state index in [0.717, 1.165) is 12.0 Å². The Labute approximate surface area is 124 Å². The van der Waals surface area contributed by atoms with Crippen LogP contribution >= 0.6 is 11.6 Å². The van der Waals surface area contributed by atoms with Crippen LogP contribution in [0.15, 0.2) is 0 Å². The minimum atomic E-state index is -3.04. The molecular weight excluding hydrogens is 300 g/mol. The largest absolute Gasteiger partial charge is 0.368 e. The van der Waals surface area contributed by atoms with E-state index in [0.29, 0.717) is 42.9 Å². The van der Waals surface area contributed by atoms with Gasteiger partial charge in [-0.05, 0) is 19.8 Å². The molecule has 0 amide bonds. The van der Waals surface area contributed by atoms with Gasteiger partial charge < -0.3 is 5.32 Å². The van der Waals surface area contributed by atoms with E-state index in [2.05, 4.69) is 15.3 Å². The number of aromatic nitrogens is 2. The van der Waals surface area contributed by atoms with Crippen LogP contribution in [0.5, 0.6) is 0 Å². The maximum Gasteiger partial charge on any atom is 0.214 e. The van der Waals surface area contributed by atoms with Crippen LogP contribution in [0.4, 0.5) is 5.82 Å². The van der Waals surface area contributed by atoms with Gasteiger partial charge in [0.05, 0.1) is 5.75 Å². The summed E-state index contributed by atoms with van der Waals surface area (Å²) >= 11 is 6.09. The van der Waals surface area contributed by atoms with Gasteiger partial charge in [0.25, 0.3) is 0 Å². The third-order valence-electron chi connectivity index (χ3n) is 3.28. The standard InChI is InChI=1S/C12H19ClN4O2S/c1-3-10-11(13)15-9(2)16-12(10)14-5-7-17-6-4-8-20(17,18)19/h3-8H2,1-2H3,(H,14,15,16). The fraction of sp³-hybridized carbons (Fsp3) is 0.667. The quantitative estimate of drug-likeness (QED) is 0.832. The predicted octanol–water partition coefficient (Wildman–Crippen LogP) is 1.45. The molecule has 0 atom stereocenters. The fourth-order valence-corrected chi connectivity index (χ4v) is 4.14. The highest BCUT2D eigenvalue weighted by Gasteiger charge is 2.27. The van der Waals surface area contributed by atoms with Gasteiger partial charge in [0.15, 0.2) is 0 Å². The third-order valence-corrected chi connectivity index (χ3v) is 5.55. The zero-order chi connectivity index (χ0) is 14.8. The van der Waals surface area contributed by atoms with Gasteiger partial charge in [-0.2, -0.15) is 0 Å². The van der Waals surface area contributed by atoms with E-state index in [4.69, 9.17) is 11.6 Å². The summed E-state index contributed by atoms with van der Waals surface area (Å²) in [6.07, 6.45) is 1.43. The van der Waals surface area contributed by atoms with E-state index in [-0.39, 0.29) is 5.75 Å². The summed E-state index contributed by atoms with van der Waals surface area (Å²) in [5, 5.41) is 3.62. The SMILES string of the molecule is CCc1c(Cl)nc(C)nc1NCCN1CCCS1(=O)=O. The smallest absolute Gasteiger partial charge is 0.214 e. The average molecular weight is 319 g/mol. The molecule has 0 radical (unpaired) electrons. The molecule has 0 unspecified atom stereocenters. The van der Waals surface area contributed by atoms with Crippen molar-refractivity contribution >= 4 is 27.4 Å². The van der Waals surface area contributed by atoms with Gasteiger partial charge in [-0.3, -0.25) is 0 Å². The Morgan fingerprint density at radius 2 is 2.15 bits per heavy atom. The van der Waals surface area contributed by atoms with Crippen LogP contribution in [0.25, 0.3) is 0 Å². The number of sulfonamides is 1. The molecular formula is C12H19ClN4O2S. The molecule has 112 valence electrons.